The largest absolute Gasteiger partial charge is 0.497 e. The van der Waals surface area contributed by atoms with Gasteiger partial charge in [-0.05, 0) is 57.5 Å². The van der Waals surface area contributed by atoms with E-state index in [1.54, 1.807) is 20.1 Å². The van der Waals surface area contributed by atoms with Gasteiger partial charge < -0.3 is 19.5 Å². The van der Waals surface area contributed by atoms with Gasteiger partial charge in [-0.1, -0.05) is 17.8 Å². The molecular weight excluding hydrogens is 500 g/mol. The molecule has 0 saturated carbocycles. The number of thiophene rings is 1. The summed E-state index contributed by atoms with van der Waals surface area (Å²) in [5.41, 5.74) is 1.21. The van der Waals surface area contributed by atoms with Crippen molar-refractivity contribution in [3.8, 4) is 11.5 Å². The topological polar surface area (TPSA) is 105 Å². The summed E-state index contributed by atoms with van der Waals surface area (Å²) in [6.45, 7) is 11.9. The molecule has 9 nitrogen and oxygen atoms in total. The van der Waals surface area contributed by atoms with E-state index < -0.39 is 12.1 Å². The van der Waals surface area contributed by atoms with Crippen LogP contribution in [0.2, 0.25) is 0 Å². The fourth-order valence-corrected chi connectivity index (χ4v) is 5.20. The number of nitrogens with zero attached hydrogens (tertiary/aromatic N) is 3. The SMILES string of the molecule is C=CCn1c(SCC(=O)Nc2sc(C)c(C)c2C(=O)OCC)nnc1C(C)Oc1ccc(OC)cc1. The lowest BCUT2D eigenvalue weighted by atomic mass is 10.1. The van der Waals surface area contributed by atoms with Crippen LogP contribution in [0.1, 0.15) is 46.6 Å². The van der Waals surface area contributed by atoms with Crippen molar-refractivity contribution in [3.05, 3.63) is 58.7 Å². The van der Waals surface area contributed by atoms with Crippen molar-refractivity contribution < 1.29 is 23.8 Å². The maximum Gasteiger partial charge on any atom is 0.341 e. The summed E-state index contributed by atoms with van der Waals surface area (Å²) in [5.74, 6) is 1.41. The number of anilines is 1. The number of rotatable bonds is 12. The number of ether oxygens (including phenoxy) is 3. The van der Waals surface area contributed by atoms with E-state index in [1.807, 2.05) is 49.6 Å². The Balaban J connectivity index is 1.69. The Morgan fingerprint density at radius 1 is 1.22 bits per heavy atom. The number of hydrogen-bond donors (Lipinski definition) is 1. The van der Waals surface area contributed by atoms with Gasteiger partial charge in [0.2, 0.25) is 5.91 Å². The molecule has 0 bridgehead atoms. The van der Waals surface area contributed by atoms with Crippen LogP contribution in [-0.2, 0) is 16.1 Å². The summed E-state index contributed by atoms with van der Waals surface area (Å²) in [4.78, 5) is 26.1. The Kier molecular flexibility index (Phi) is 9.54. The van der Waals surface area contributed by atoms with Gasteiger partial charge in [0.1, 0.15) is 16.5 Å². The van der Waals surface area contributed by atoms with E-state index in [9.17, 15) is 9.59 Å². The molecule has 0 aliphatic heterocycles. The van der Waals surface area contributed by atoms with Crippen LogP contribution in [0.15, 0.2) is 42.1 Å². The number of thioether (sulfide) groups is 1. The first-order valence-corrected chi connectivity index (χ1v) is 13.1. The lowest BCUT2D eigenvalue weighted by molar-refractivity contribution is -0.113. The number of aryl methyl sites for hydroxylation is 1. The van der Waals surface area contributed by atoms with Crippen LogP contribution in [0.4, 0.5) is 5.00 Å². The van der Waals surface area contributed by atoms with E-state index in [1.165, 1.54) is 23.1 Å². The van der Waals surface area contributed by atoms with E-state index in [-0.39, 0.29) is 18.3 Å². The van der Waals surface area contributed by atoms with E-state index in [4.69, 9.17) is 14.2 Å². The third kappa shape index (κ3) is 6.46. The van der Waals surface area contributed by atoms with Crippen molar-refractivity contribution >= 4 is 40.0 Å². The molecule has 2 heterocycles. The minimum atomic E-state index is -0.441. The second-order valence-electron chi connectivity index (χ2n) is 7.72. The monoisotopic (exact) mass is 530 g/mol. The van der Waals surface area contributed by atoms with Gasteiger partial charge in [0.25, 0.3) is 0 Å². The van der Waals surface area contributed by atoms with E-state index in [0.717, 1.165) is 16.2 Å². The molecule has 0 saturated heterocycles. The molecule has 0 spiro atoms. The molecular formula is C25H30N4O5S2. The highest BCUT2D eigenvalue weighted by molar-refractivity contribution is 7.99. The van der Waals surface area contributed by atoms with Crippen LogP contribution in [-0.4, -0.2) is 46.1 Å². The molecule has 3 rings (SSSR count). The molecule has 1 unspecified atom stereocenters. The lowest BCUT2D eigenvalue weighted by Gasteiger charge is -2.16. The molecule has 192 valence electrons. The van der Waals surface area contributed by atoms with Crippen LogP contribution in [0.5, 0.6) is 11.5 Å². The van der Waals surface area contributed by atoms with Crippen molar-refractivity contribution in [1.82, 2.24) is 14.8 Å². The molecule has 1 aromatic carbocycles. The van der Waals surface area contributed by atoms with Crippen LogP contribution in [0, 0.1) is 13.8 Å². The predicted molar refractivity (Wildman–Crippen MR) is 141 cm³/mol. The zero-order valence-corrected chi connectivity index (χ0v) is 22.6. The van der Waals surface area contributed by atoms with Crippen LogP contribution in [0.25, 0.3) is 0 Å². The number of carbonyl (C=O) groups is 2. The Labute approximate surface area is 218 Å². The highest BCUT2D eigenvalue weighted by atomic mass is 32.2. The molecule has 2 aromatic heterocycles. The van der Waals surface area contributed by atoms with Gasteiger partial charge in [0, 0.05) is 11.4 Å². The van der Waals surface area contributed by atoms with Crippen LogP contribution >= 0.6 is 23.1 Å². The molecule has 11 heteroatoms. The summed E-state index contributed by atoms with van der Waals surface area (Å²) < 4.78 is 18.2. The summed E-state index contributed by atoms with van der Waals surface area (Å²) in [7, 11) is 1.61. The highest BCUT2D eigenvalue weighted by Crippen LogP contribution is 2.33. The zero-order chi connectivity index (χ0) is 26.2. The molecule has 0 fully saturated rings. The zero-order valence-electron chi connectivity index (χ0n) is 21.0. The van der Waals surface area contributed by atoms with Crippen molar-refractivity contribution in [3.63, 3.8) is 0 Å². The quantitative estimate of drug-likeness (QED) is 0.194. The van der Waals surface area contributed by atoms with Gasteiger partial charge in [0.15, 0.2) is 17.1 Å². The molecule has 1 N–H and O–H groups in total. The maximum atomic E-state index is 12.8. The molecule has 0 radical (unpaired) electrons. The van der Waals surface area contributed by atoms with Gasteiger partial charge in [-0.25, -0.2) is 4.79 Å². The summed E-state index contributed by atoms with van der Waals surface area (Å²) >= 11 is 2.60. The first kappa shape index (κ1) is 27.3. The Morgan fingerprint density at radius 3 is 2.56 bits per heavy atom. The van der Waals surface area contributed by atoms with Gasteiger partial charge in [-0.3, -0.25) is 9.36 Å². The fourth-order valence-electron chi connectivity index (χ4n) is 3.38. The first-order chi connectivity index (χ1) is 17.3. The average Bonchev–Trinajstić information content (AvgIpc) is 3.38. The fraction of sp³-hybridized carbons (Fsp3) is 0.360. The molecule has 0 aliphatic carbocycles. The first-order valence-electron chi connectivity index (χ1n) is 11.3. The summed E-state index contributed by atoms with van der Waals surface area (Å²) in [5, 5.41) is 12.5. The lowest BCUT2D eigenvalue weighted by Crippen LogP contribution is -2.17. The second-order valence-corrected chi connectivity index (χ2v) is 9.89. The van der Waals surface area contributed by atoms with Crippen molar-refractivity contribution in [1.29, 1.82) is 0 Å². The van der Waals surface area contributed by atoms with Crippen molar-refractivity contribution in [2.75, 3.05) is 24.8 Å². The Bertz CT molecular complexity index is 1220. The Hall–Kier alpha value is -3.31. The Morgan fingerprint density at radius 2 is 1.92 bits per heavy atom. The molecule has 36 heavy (non-hydrogen) atoms. The number of amides is 1. The van der Waals surface area contributed by atoms with Gasteiger partial charge >= 0.3 is 5.97 Å². The smallest absolute Gasteiger partial charge is 0.341 e. The van der Waals surface area contributed by atoms with Gasteiger partial charge in [-0.15, -0.1) is 28.1 Å². The van der Waals surface area contributed by atoms with E-state index >= 15 is 0 Å². The van der Waals surface area contributed by atoms with Crippen LogP contribution < -0.4 is 14.8 Å². The number of carbonyl (C=O) groups excluding carboxylic acids is 2. The minimum Gasteiger partial charge on any atom is -0.497 e. The molecule has 0 aliphatic rings. The van der Waals surface area contributed by atoms with Crippen LogP contribution in [0.3, 0.4) is 0 Å². The van der Waals surface area contributed by atoms with E-state index in [0.29, 0.717) is 33.8 Å². The van der Waals surface area contributed by atoms with Crippen molar-refractivity contribution in [2.24, 2.45) is 0 Å². The number of allylic oxidation sites excluding steroid dienone is 1. The van der Waals surface area contributed by atoms with Gasteiger partial charge in [-0.2, -0.15) is 0 Å². The van der Waals surface area contributed by atoms with Crippen molar-refractivity contribution in [2.45, 2.75) is 45.5 Å². The normalized spacial score (nSPS) is 11.6. The molecule has 1 atom stereocenters. The minimum absolute atomic E-state index is 0.0846. The number of hydrogen-bond acceptors (Lipinski definition) is 9. The number of esters is 1. The number of nitrogens with one attached hydrogen (secondary N) is 1. The summed E-state index contributed by atoms with van der Waals surface area (Å²) in [6.07, 6.45) is 1.35. The number of aromatic nitrogens is 3. The molecule has 1 amide bonds. The summed E-state index contributed by atoms with van der Waals surface area (Å²) in [6, 6.07) is 7.28. The number of methoxy groups -OCH3 is 1. The predicted octanol–water partition coefficient (Wildman–Crippen LogP) is 5.20. The number of benzene rings is 1. The second kappa shape index (κ2) is 12.6. The highest BCUT2D eigenvalue weighted by Gasteiger charge is 2.23. The maximum absolute atomic E-state index is 12.8. The standard InChI is InChI=1S/C25H30N4O5S2/c1-7-13-29-22(16(4)34-19-11-9-18(32-6)10-12-19)27-28-25(29)35-14-20(30)26-23-21(24(31)33-8-2)15(3)17(5)36-23/h7,9-12,16H,1,8,13-14H2,2-6H3,(H,26,30). The van der Waals surface area contributed by atoms with E-state index in [2.05, 4.69) is 22.1 Å². The third-order valence-electron chi connectivity index (χ3n) is 5.24. The molecule has 3 aromatic rings. The van der Waals surface area contributed by atoms with Gasteiger partial charge in [0.05, 0.1) is 25.0 Å². The third-order valence-corrected chi connectivity index (χ3v) is 7.33. The average molecular weight is 531 g/mol.